The molecule has 0 saturated carbocycles. The SMILES string of the molecule is CNC1CCCN(Cc2ccc(S(=O)(=O)c3ccc(C)cc3)cc2)C1.Cl. The topological polar surface area (TPSA) is 49.4 Å². The lowest BCUT2D eigenvalue weighted by Crippen LogP contribution is -2.43. The number of nitrogens with zero attached hydrogens (tertiary/aromatic N) is 1. The fraction of sp³-hybridized carbons (Fsp3) is 0.400. The lowest BCUT2D eigenvalue weighted by molar-refractivity contribution is 0.188. The molecular weight excluding hydrogens is 368 g/mol. The van der Waals surface area contributed by atoms with E-state index in [4.69, 9.17) is 0 Å². The summed E-state index contributed by atoms with van der Waals surface area (Å²) < 4.78 is 25.4. The Kier molecular flexibility index (Phi) is 7.24. The van der Waals surface area contributed by atoms with Crippen molar-refractivity contribution in [3.63, 3.8) is 0 Å². The van der Waals surface area contributed by atoms with Crippen molar-refractivity contribution in [1.82, 2.24) is 10.2 Å². The van der Waals surface area contributed by atoms with Crippen LogP contribution in [0, 0.1) is 6.92 Å². The predicted octanol–water partition coefficient (Wildman–Crippen LogP) is 3.43. The Hall–Kier alpha value is -1.40. The maximum atomic E-state index is 12.7. The van der Waals surface area contributed by atoms with Crippen LogP contribution in [0.3, 0.4) is 0 Å². The number of halogens is 1. The first-order valence-electron chi connectivity index (χ1n) is 8.79. The average Bonchev–Trinajstić information content (AvgIpc) is 2.63. The van der Waals surface area contributed by atoms with Gasteiger partial charge in [-0.3, -0.25) is 4.90 Å². The monoisotopic (exact) mass is 394 g/mol. The number of rotatable bonds is 5. The smallest absolute Gasteiger partial charge is 0.206 e. The molecule has 1 atom stereocenters. The maximum Gasteiger partial charge on any atom is 0.206 e. The van der Waals surface area contributed by atoms with Crippen LogP contribution < -0.4 is 5.32 Å². The Morgan fingerprint density at radius 1 is 1.04 bits per heavy atom. The van der Waals surface area contributed by atoms with Gasteiger partial charge in [0, 0.05) is 19.1 Å². The Morgan fingerprint density at radius 2 is 1.62 bits per heavy atom. The molecule has 0 spiro atoms. The summed E-state index contributed by atoms with van der Waals surface area (Å²) in [5, 5.41) is 3.35. The van der Waals surface area contributed by atoms with Crippen LogP contribution >= 0.6 is 12.4 Å². The lowest BCUT2D eigenvalue weighted by Gasteiger charge is -2.32. The third-order valence-corrected chi connectivity index (χ3v) is 6.67. The van der Waals surface area contributed by atoms with Gasteiger partial charge < -0.3 is 5.32 Å². The van der Waals surface area contributed by atoms with Gasteiger partial charge >= 0.3 is 0 Å². The van der Waals surface area contributed by atoms with Gasteiger partial charge in [-0.1, -0.05) is 29.8 Å². The van der Waals surface area contributed by atoms with Crippen molar-refractivity contribution >= 4 is 22.2 Å². The van der Waals surface area contributed by atoms with Gasteiger partial charge in [0.2, 0.25) is 9.84 Å². The molecule has 1 aliphatic heterocycles. The van der Waals surface area contributed by atoms with Gasteiger partial charge in [-0.05, 0) is 63.2 Å². The van der Waals surface area contributed by atoms with E-state index in [1.165, 1.54) is 12.8 Å². The molecule has 0 aliphatic carbocycles. The van der Waals surface area contributed by atoms with Gasteiger partial charge in [0.25, 0.3) is 0 Å². The zero-order chi connectivity index (χ0) is 17.9. The van der Waals surface area contributed by atoms with Crippen molar-refractivity contribution in [1.29, 1.82) is 0 Å². The zero-order valence-corrected chi connectivity index (χ0v) is 16.9. The van der Waals surface area contributed by atoms with Crippen molar-refractivity contribution in [2.75, 3.05) is 20.1 Å². The van der Waals surface area contributed by atoms with Gasteiger partial charge in [0.05, 0.1) is 9.79 Å². The summed E-state index contributed by atoms with van der Waals surface area (Å²) in [6, 6.07) is 14.9. The minimum atomic E-state index is -3.44. The van der Waals surface area contributed by atoms with Crippen molar-refractivity contribution in [2.45, 2.75) is 42.1 Å². The fourth-order valence-electron chi connectivity index (χ4n) is 3.32. The van der Waals surface area contributed by atoms with E-state index in [9.17, 15) is 8.42 Å². The summed E-state index contributed by atoms with van der Waals surface area (Å²) in [5.74, 6) is 0. The molecule has 2 aromatic rings. The summed E-state index contributed by atoms with van der Waals surface area (Å²) in [6.45, 7) is 4.95. The number of hydrogen-bond donors (Lipinski definition) is 1. The number of sulfone groups is 1. The van der Waals surface area contributed by atoms with Crippen LogP contribution in [-0.4, -0.2) is 39.5 Å². The van der Waals surface area contributed by atoms with Crippen molar-refractivity contribution in [3.05, 3.63) is 59.7 Å². The summed E-state index contributed by atoms with van der Waals surface area (Å²) >= 11 is 0. The van der Waals surface area contributed by atoms with E-state index < -0.39 is 9.84 Å². The van der Waals surface area contributed by atoms with E-state index in [1.807, 2.05) is 38.2 Å². The molecule has 4 nitrogen and oxygen atoms in total. The summed E-state index contributed by atoms with van der Waals surface area (Å²) in [7, 11) is -1.43. The number of aryl methyl sites for hydroxylation is 1. The first-order valence-corrected chi connectivity index (χ1v) is 10.3. The lowest BCUT2D eigenvalue weighted by atomic mass is 10.1. The quantitative estimate of drug-likeness (QED) is 0.844. The second-order valence-electron chi connectivity index (χ2n) is 6.82. The molecular formula is C20H27ClN2O2S. The van der Waals surface area contributed by atoms with Crippen molar-refractivity contribution < 1.29 is 8.42 Å². The van der Waals surface area contributed by atoms with Gasteiger partial charge in [-0.15, -0.1) is 12.4 Å². The highest BCUT2D eigenvalue weighted by Gasteiger charge is 2.20. The molecule has 1 fully saturated rings. The van der Waals surface area contributed by atoms with Crippen LogP contribution in [0.1, 0.15) is 24.0 Å². The molecule has 0 bridgehead atoms. The van der Waals surface area contributed by atoms with Crippen LogP contribution in [0.5, 0.6) is 0 Å². The molecule has 1 saturated heterocycles. The highest BCUT2D eigenvalue weighted by molar-refractivity contribution is 7.91. The molecule has 6 heteroatoms. The van der Waals surface area contributed by atoms with E-state index in [-0.39, 0.29) is 12.4 Å². The van der Waals surface area contributed by atoms with E-state index >= 15 is 0 Å². The third-order valence-electron chi connectivity index (χ3n) is 4.88. The van der Waals surface area contributed by atoms with Crippen LogP contribution in [0.15, 0.2) is 58.3 Å². The maximum absolute atomic E-state index is 12.7. The largest absolute Gasteiger partial charge is 0.316 e. The minimum absolute atomic E-state index is 0. The average molecular weight is 395 g/mol. The van der Waals surface area contributed by atoms with Gasteiger partial charge in [0.1, 0.15) is 0 Å². The van der Waals surface area contributed by atoms with Gasteiger partial charge in [0.15, 0.2) is 0 Å². The minimum Gasteiger partial charge on any atom is -0.316 e. The zero-order valence-electron chi connectivity index (χ0n) is 15.3. The fourth-order valence-corrected chi connectivity index (χ4v) is 4.58. The molecule has 3 rings (SSSR count). The third kappa shape index (κ3) is 4.86. The Balaban J connectivity index is 0.00000243. The number of likely N-dealkylation sites (N-methyl/N-ethyl adjacent to an activating group) is 1. The molecule has 0 radical (unpaired) electrons. The first-order chi connectivity index (χ1) is 12.0. The highest BCUT2D eigenvalue weighted by Crippen LogP contribution is 2.22. The normalized spacial score (nSPS) is 18.3. The van der Waals surface area contributed by atoms with E-state index in [0.29, 0.717) is 15.8 Å². The van der Waals surface area contributed by atoms with Crippen molar-refractivity contribution in [2.24, 2.45) is 0 Å². The number of piperidine rings is 1. The second kappa shape index (κ2) is 9.00. The van der Waals surface area contributed by atoms with Gasteiger partial charge in [-0.2, -0.15) is 0 Å². The predicted molar refractivity (Wildman–Crippen MR) is 108 cm³/mol. The number of nitrogens with one attached hydrogen (secondary N) is 1. The van der Waals surface area contributed by atoms with E-state index in [2.05, 4.69) is 10.2 Å². The number of benzene rings is 2. The number of likely N-dealkylation sites (tertiary alicyclic amines) is 1. The molecule has 1 unspecified atom stereocenters. The van der Waals surface area contributed by atoms with Crippen LogP contribution in [0.4, 0.5) is 0 Å². The van der Waals surface area contributed by atoms with Crippen molar-refractivity contribution in [3.8, 4) is 0 Å². The molecule has 1 aliphatic rings. The molecule has 0 amide bonds. The Bertz CT molecular complexity index is 805. The Morgan fingerprint density at radius 3 is 2.19 bits per heavy atom. The number of hydrogen-bond acceptors (Lipinski definition) is 4. The highest BCUT2D eigenvalue weighted by atomic mass is 35.5. The standard InChI is InChI=1S/C20H26N2O2S.ClH/c1-16-5-9-19(10-6-16)25(23,24)20-11-7-17(8-12-20)14-22-13-3-4-18(15-22)21-2;/h5-12,18,21H,3-4,13-15H2,1-2H3;1H. The summed E-state index contributed by atoms with van der Waals surface area (Å²) in [5.41, 5.74) is 2.20. The van der Waals surface area contributed by atoms with E-state index in [1.54, 1.807) is 24.3 Å². The summed E-state index contributed by atoms with van der Waals surface area (Å²) in [4.78, 5) is 3.12. The molecule has 2 aromatic carbocycles. The molecule has 0 aromatic heterocycles. The van der Waals surface area contributed by atoms with Crippen LogP contribution in [0.25, 0.3) is 0 Å². The van der Waals surface area contributed by atoms with Crippen LogP contribution in [0.2, 0.25) is 0 Å². The molecule has 1 heterocycles. The van der Waals surface area contributed by atoms with Gasteiger partial charge in [-0.25, -0.2) is 8.42 Å². The van der Waals surface area contributed by atoms with Crippen LogP contribution in [-0.2, 0) is 16.4 Å². The van der Waals surface area contributed by atoms with E-state index in [0.717, 1.165) is 30.8 Å². The molecule has 142 valence electrons. The molecule has 1 N–H and O–H groups in total. The Labute approximate surface area is 162 Å². The second-order valence-corrected chi connectivity index (χ2v) is 8.77. The first kappa shape index (κ1) is 20.9. The molecule has 26 heavy (non-hydrogen) atoms. The summed E-state index contributed by atoms with van der Waals surface area (Å²) in [6.07, 6.45) is 2.42.